The molecule has 2 aromatic rings. The molecule has 1 aromatic carbocycles. The second-order valence-electron chi connectivity index (χ2n) is 12.0. The smallest absolute Gasteiger partial charge is 0.201 e. The highest BCUT2D eigenvalue weighted by molar-refractivity contribution is 7.92. The van der Waals surface area contributed by atoms with E-state index in [1.807, 2.05) is 0 Å². The second kappa shape index (κ2) is 11.1. The lowest BCUT2D eigenvalue weighted by atomic mass is 9.86. The van der Waals surface area contributed by atoms with Crippen LogP contribution < -0.4 is 20.7 Å². The SMILES string of the molecule is Cc1cc(NC2N=CC(Cl)=C(Nc3cn(C)nc3S(=O)(=O)C(C)C)N2)c(OC2CC2)cc1C1CCN(C2CC2)CC1. The summed E-state index contributed by atoms with van der Waals surface area (Å²) in [7, 11) is -1.92. The summed E-state index contributed by atoms with van der Waals surface area (Å²) in [6.45, 7) is 7.80. The monoisotopic (exact) mass is 601 g/mol. The van der Waals surface area contributed by atoms with Crippen molar-refractivity contribution in [2.45, 2.75) is 93.9 Å². The number of hydrogen-bond donors (Lipinski definition) is 3. The van der Waals surface area contributed by atoms with Gasteiger partial charge in [0.2, 0.25) is 14.9 Å². The lowest BCUT2D eigenvalue weighted by Crippen LogP contribution is -2.39. The van der Waals surface area contributed by atoms with Gasteiger partial charge in [0.1, 0.15) is 11.6 Å². The van der Waals surface area contributed by atoms with Gasteiger partial charge in [-0.1, -0.05) is 11.6 Å². The van der Waals surface area contributed by atoms with Gasteiger partial charge in [0.25, 0.3) is 0 Å². The van der Waals surface area contributed by atoms with Crippen molar-refractivity contribution < 1.29 is 13.2 Å². The third kappa shape index (κ3) is 6.22. The third-order valence-corrected chi connectivity index (χ3v) is 10.7. The molecular formula is C29H40ClN7O3S. The highest BCUT2D eigenvalue weighted by atomic mass is 35.5. The largest absolute Gasteiger partial charge is 0.488 e. The molecule has 1 saturated heterocycles. The van der Waals surface area contributed by atoms with E-state index >= 15 is 0 Å². The molecular weight excluding hydrogens is 562 g/mol. The summed E-state index contributed by atoms with van der Waals surface area (Å²) in [5.74, 6) is 1.83. The number of hydrogen-bond acceptors (Lipinski definition) is 9. The molecule has 12 heteroatoms. The zero-order chi connectivity index (χ0) is 28.9. The summed E-state index contributed by atoms with van der Waals surface area (Å²) in [5.41, 5.74) is 3.83. The van der Waals surface area contributed by atoms with Gasteiger partial charge in [0, 0.05) is 25.5 Å². The summed E-state index contributed by atoms with van der Waals surface area (Å²) >= 11 is 6.48. The molecule has 41 heavy (non-hydrogen) atoms. The normalized spacial score (nSPS) is 22.2. The average Bonchev–Trinajstić information content (AvgIpc) is 3.87. The number of aliphatic imine (C=N–C) groups is 1. The van der Waals surface area contributed by atoms with E-state index in [2.05, 4.69) is 50.0 Å². The standard InChI is InChI=1S/C29H40ClN7O3S/c1-17(2)41(38,39)28-25(16-36(4)35-28)32-27-23(30)15-31-29(34-27)33-24-13-18(3)22(14-26(24)40-21-7-8-21)19-9-11-37(12-10-19)20-5-6-20/h13-17,19-21,29,32-34H,5-12H2,1-4H3. The first-order valence-electron chi connectivity index (χ1n) is 14.6. The van der Waals surface area contributed by atoms with Gasteiger partial charge in [-0.2, -0.15) is 5.10 Å². The molecule has 10 nitrogen and oxygen atoms in total. The number of halogens is 1. The minimum atomic E-state index is -3.61. The summed E-state index contributed by atoms with van der Waals surface area (Å²) < 4.78 is 33.7. The Morgan fingerprint density at radius 3 is 2.49 bits per heavy atom. The van der Waals surface area contributed by atoms with Crippen molar-refractivity contribution in [3.8, 4) is 5.75 Å². The number of allylic oxidation sites excluding steroid dienone is 1. The van der Waals surface area contributed by atoms with E-state index in [-0.39, 0.29) is 11.1 Å². The second-order valence-corrected chi connectivity index (χ2v) is 14.8. The molecule has 0 amide bonds. The molecule has 0 radical (unpaired) electrons. The van der Waals surface area contributed by atoms with Crippen LogP contribution >= 0.6 is 11.6 Å². The molecule has 3 heterocycles. The van der Waals surface area contributed by atoms with E-state index in [0.717, 1.165) is 30.3 Å². The molecule has 2 aliphatic carbocycles. The summed E-state index contributed by atoms with van der Waals surface area (Å²) in [6, 6.07) is 5.23. The number of ether oxygens (including phenoxy) is 1. The van der Waals surface area contributed by atoms with Gasteiger partial charge in [-0.15, -0.1) is 0 Å². The summed E-state index contributed by atoms with van der Waals surface area (Å²) in [4.78, 5) is 7.19. The summed E-state index contributed by atoms with van der Waals surface area (Å²) in [5, 5.41) is 13.8. The van der Waals surface area contributed by atoms with Gasteiger partial charge in [-0.25, -0.2) is 13.4 Å². The Hall–Kier alpha value is -2.76. The number of nitrogens with zero attached hydrogens (tertiary/aromatic N) is 4. The fourth-order valence-electron chi connectivity index (χ4n) is 5.62. The van der Waals surface area contributed by atoms with Crippen LogP contribution in [-0.4, -0.2) is 66.1 Å². The molecule has 0 bridgehead atoms. The fourth-order valence-corrected chi connectivity index (χ4v) is 6.88. The molecule has 1 atom stereocenters. The van der Waals surface area contributed by atoms with Gasteiger partial charge in [0.05, 0.1) is 27.8 Å². The number of sulfone groups is 1. The van der Waals surface area contributed by atoms with Gasteiger partial charge in [-0.3, -0.25) is 4.68 Å². The van der Waals surface area contributed by atoms with Gasteiger partial charge < -0.3 is 25.6 Å². The van der Waals surface area contributed by atoms with Crippen molar-refractivity contribution in [2.75, 3.05) is 23.7 Å². The Balaban J connectivity index is 1.19. The van der Waals surface area contributed by atoms with Crippen LogP contribution in [0.5, 0.6) is 5.75 Å². The number of piperidine rings is 1. The van der Waals surface area contributed by atoms with Crippen LogP contribution in [-0.2, 0) is 16.9 Å². The van der Waals surface area contributed by atoms with Crippen LogP contribution in [0.25, 0.3) is 0 Å². The van der Waals surface area contributed by atoms with Crippen molar-refractivity contribution in [3.63, 3.8) is 0 Å². The Kier molecular flexibility index (Phi) is 7.71. The van der Waals surface area contributed by atoms with Crippen LogP contribution in [0.2, 0.25) is 0 Å². The highest BCUT2D eigenvalue weighted by Gasteiger charge is 2.33. The maximum absolute atomic E-state index is 12.9. The van der Waals surface area contributed by atoms with Gasteiger partial charge in [-0.05, 0) is 102 Å². The first kappa shape index (κ1) is 28.4. The molecule has 2 aliphatic heterocycles. The fraction of sp³-hybridized carbons (Fsp3) is 0.586. The van der Waals surface area contributed by atoms with Crippen LogP contribution in [0.15, 0.2) is 39.2 Å². The van der Waals surface area contributed by atoms with Crippen molar-refractivity contribution in [1.29, 1.82) is 0 Å². The van der Waals surface area contributed by atoms with Crippen LogP contribution in [0.1, 0.15) is 69.4 Å². The molecule has 1 aromatic heterocycles. The zero-order valence-electron chi connectivity index (χ0n) is 24.2. The van der Waals surface area contributed by atoms with E-state index in [0.29, 0.717) is 22.5 Å². The zero-order valence-corrected chi connectivity index (χ0v) is 25.7. The van der Waals surface area contributed by atoms with Crippen molar-refractivity contribution in [2.24, 2.45) is 12.0 Å². The molecule has 1 unspecified atom stereocenters. The number of nitrogens with one attached hydrogen (secondary N) is 3. The average molecular weight is 602 g/mol. The number of aromatic nitrogens is 2. The number of benzene rings is 1. The van der Waals surface area contributed by atoms with Gasteiger partial charge >= 0.3 is 0 Å². The van der Waals surface area contributed by atoms with Crippen molar-refractivity contribution >= 4 is 39.0 Å². The van der Waals surface area contributed by atoms with Crippen LogP contribution in [0.4, 0.5) is 11.4 Å². The number of likely N-dealkylation sites (tertiary alicyclic amines) is 1. The number of rotatable bonds is 10. The minimum absolute atomic E-state index is 0.0184. The lowest BCUT2D eigenvalue weighted by Gasteiger charge is -2.33. The van der Waals surface area contributed by atoms with Gasteiger partial charge in [0.15, 0.2) is 6.29 Å². The van der Waals surface area contributed by atoms with E-state index in [4.69, 9.17) is 16.3 Å². The van der Waals surface area contributed by atoms with Crippen LogP contribution in [0, 0.1) is 6.92 Å². The molecule has 3 N–H and O–H groups in total. The maximum Gasteiger partial charge on any atom is 0.201 e. The third-order valence-electron chi connectivity index (χ3n) is 8.31. The van der Waals surface area contributed by atoms with Crippen molar-refractivity contribution in [3.05, 3.63) is 40.3 Å². The Morgan fingerprint density at radius 1 is 1.10 bits per heavy atom. The van der Waals surface area contributed by atoms with Crippen LogP contribution in [0.3, 0.4) is 0 Å². The first-order valence-corrected chi connectivity index (χ1v) is 16.6. The Morgan fingerprint density at radius 2 is 1.83 bits per heavy atom. The molecule has 2 saturated carbocycles. The molecule has 222 valence electrons. The molecule has 3 fully saturated rings. The quantitative estimate of drug-likeness (QED) is 0.360. The maximum atomic E-state index is 12.9. The first-order chi connectivity index (χ1) is 19.6. The topological polar surface area (TPSA) is 113 Å². The highest BCUT2D eigenvalue weighted by Crippen LogP contribution is 2.41. The molecule has 0 spiro atoms. The van der Waals surface area contributed by atoms with Crippen molar-refractivity contribution in [1.82, 2.24) is 20.0 Å². The van der Waals surface area contributed by atoms with E-state index < -0.39 is 21.4 Å². The lowest BCUT2D eigenvalue weighted by molar-refractivity contribution is 0.203. The Bertz CT molecular complexity index is 1470. The predicted octanol–water partition coefficient (Wildman–Crippen LogP) is 4.68. The molecule has 6 rings (SSSR count). The van der Waals surface area contributed by atoms with E-state index in [9.17, 15) is 8.42 Å². The molecule has 4 aliphatic rings. The predicted molar refractivity (Wildman–Crippen MR) is 162 cm³/mol. The number of aryl methyl sites for hydroxylation is 2. The Labute approximate surface area is 247 Å². The summed E-state index contributed by atoms with van der Waals surface area (Å²) in [6.07, 6.45) is 10.1. The minimum Gasteiger partial charge on any atom is -0.488 e. The van der Waals surface area contributed by atoms with E-state index in [1.54, 1.807) is 33.3 Å². The van der Waals surface area contributed by atoms with E-state index in [1.165, 1.54) is 54.6 Å². The number of anilines is 2.